The SMILES string of the molecule is O=S(=O)(NCCOc1ccc(-c2cccs2)nn1)c1ccc2ccccc2c1. The molecular weight excluding hydrogens is 394 g/mol. The molecule has 0 aliphatic heterocycles. The maximum absolute atomic E-state index is 12.5. The van der Waals surface area contributed by atoms with Gasteiger partial charge in [-0.15, -0.1) is 21.5 Å². The molecular formula is C20H17N3O3S2. The minimum absolute atomic E-state index is 0.128. The zero-order valence-electron chi connectivity index (χ0n) is 14.8. The fourth-order valence-electron chi connectivity index (χ4n) is 2.70. The van der Waals surface area contributed by atoms with Gasteiger partial charge < -0.3 is 4.74 Å². The summed E-state index contributed by atoms with van der Waals surface area (Å²) in [5.41, 5.74) is 0.777. The van der Waals surface area contributed by atoms with E-state index in [0.29, 0.717) is 5.88 Å². The number of aromatic nitrogens is 2. The molecule has 0 saturated heterocycles. The molecule has 0 amide bonds. The Labute approximate surface area is 166 Å². The van der Waals surface area contributed by atoms with E-state index in [0.717, 1.165) is 21.3 Å². The Balaban J connectivity index is 1.33. The summed E-state index contributed by atoms with van der Waals surface area (Å²) in [5, 5.41) is 12.0. The van der Waals surface area contributed by atoms with Crippen molar-refractivity contribution < 1.29 is 13.2 Å². The second-order valence-electron chi connectivity index (χ2n) is 5.99. The normalized spacial score (nSPS) is 11.6. The number of hydrogen-bond donors (Lipinski definition) is 1. The van der Waals surface area contributed by atoms with Crippen molar-refractivity contribution >= 4 is 32.1 Å². The standard InChI is InChI=1S/C20H17N3O3S2/c24-28(25,17-8-7-15-4-1-2-5-16(15)14-17)21-11-12-26-20-10-9-18(22-23-20)19-6-3-13-27-19/h1-10,13-14,21H,11-12H2. The van der Waals surface area contributed by atoms with Gasteiger partial charge >= 0.3 is 0 Å². The summed E-state index contributed by atoms with van der Waals surface area (Å²) in [6.07, 6.45) is 0. The molecule has 0 aliphatic rings. The number of sulfonamides is 1. The Hall–Kier alpha value is -2.81. The van der Waals surface area contributed by atoms with Crippen LogP contribution in [0.25, 0.3) is 21.3 Å². The van der Waals surface area contributed by atoms with Crippen molar-refractivity contribution in [1.29, 1.82) is 0 Å². The first-order valence-corrected chi connectivity index (χ1v) is 11.0. The fraction of sp³-hybridized carbons (Fsp3) is 0.100. The van der Waals surface area contributed by atoms with E-state index < -0.39 is 10.0 Å². The molecule has 4 rings (SSSR count). The van der Waals surface area contributed by atoms with Gasteiger partial charge in [-0.3, -0.25) is 0 Å². The Morgan fingerprint density at radius 1 is 0.929 bits per heavy atom. The molecule has 0 radical (unpaired) electrons. The minimum atomic E-state index is -3.61. The lowest BCUT2D eigenvalue weighted by Gasteiger charge is -2.09. The van der Waals surface area contributed by atoms with Crippen molar-refractivity contribution in [2.75, 3.05) is 13.2 Å². The molecule has 142 valence electrons. The molecule has 6 nitrogen and oxygen atoms in total. The van der Waals surface area contributed by atoms with Crippen molar-refractivity contribution in [2.24, 2.45) is 0 Å². The Kier molecular flexibility index (Phi) is 5.34. The zero-order chi connectivity index (χ0) is 19.4. The highest BCUT2D eigenvalue weighted by molar-refractivity contribution is 7.89. The molecule has 0 atom stereocenters. The van der Waals surface area contributed by atoms with Gasteiger partial charge in [-0.25, -0.2) is 13.1 Å². The Morgan fingerprint density at radius 3 is 2.54 bits per heavy atom. The molecule has 0 fully saturated rings. The van der Waals surface area contributed by atoms with E-state index in [-0.39, 0.29) is 18.0 Å². The van der Waals surface area contributed by atoms with Gasteiger partial charge in [0.05, 0.1) is 9.77 Å². The van der Waals surface area contributed by atoms with E-state index in [2.05, 4.69) is 14.9 Å². The molecule has 2 aromatic carbocycles. The lowest BCUT2D eigenvalue weighted by molar-refractivity contribution is 0.307. The summed E-state index contributed by atoms with van der Waals surface area (Å²) in [4.78, 5) is 1.26. The summed E-state index contributed by atoms with van der Waals surface area (Å²) in [7, 11) is -3.61. The van der Waals surface area contributed by atoms with E-state index in [1.165, 1.54) is 0 Å². The number of nitrogens with one attached hydrogen (secondary N) is 1. The van der Waals surface area contributed by atoms with Crippen LogP contribution in [0.4, 0.5) is 0 Å². The molecule has 2 aromatic heterocycles. The average molecular weight is 412 g/mol. The Bertz CT molecular complexity index is 1180. The first-order valence-electron chi connectivity index (χ1n) is 8.61. The van der Waals surface area contributed by atoms with E-state index in [1.807, 2.05) is 47.8 Å². The highest BCUT2D eigenvalue weighted by Crippen LogP contribution is 2.22. The van der Waals surface area contributed by atoms with Crippen LogP contribution in [-0.2, 0) is 10.0 Å². The fourth-order valence-corrected chi connectivity index (χ4v) is 4.44. The lowest BCUT2D eigenvalue weighted by Crippen LogP contribution is -2.28. The van der Waals surface area contributed by atoms with E-state index in [9.17, 15) is 8.42 Å². The van der Waals surface area contributed by atoms with Gasteiger partial charge in [0.15, 0.2) is 0 Å². The third-order valence-electron chi connectivity index (χ3n) is 4.09. The third-order valence-corrected chi connectivity index (χ3v) is 6.44. The number of ether oxygens (including phenoxy) is 1. The van der Waals surface area contributed by atoms with Gasteiger partial charge in [0.1, 0.15) is 12.3 Å². The number of rotatable bonds is 7. The van der Waals surface area contributed by atoms with Gasteiger partial charge in [0, 0.05) is 12.6 Å². The number of benzene rings is 2. The molecule has 8 heteroatoms. The van der Waals surface area contributed by atoms with Gasteiger partial charge in [-0.2, -0.15) is 0 Å². The maximum atomic E-state index is 12.5. The first-order chi connectivity index (χ1) is 13.6. The number of fused-ring (bicyclic) bond motifs is 1. The first kappa shape index (κ1) is 18.5. The van der Waals surface area contributed by atoms with Crippen molar-refractivity contribution in [3.8, 4) is 16.5 Å². The van der Waals surface area contributed by atoms with Crippen LogP contribution in [0.2, 0.25) is 0 Å². The van der Waals surface area contributed by atoms with Crippen LogP contribution in [0.1, 0.15) is 0 Å². The van der Waals surface area contributed by atoms with Gasteiger partial charge in [0.25, 0.3) is 0 Å². The highest BCUT2D eigenvalue weighted by atomic mass is 32.2. The van der Waals surface area contributed by atoms with Crippen LogP contribution in [0.3, 0.4) is 0 Å². The molecule has 1 N–H and O–H groups in total. The quantitative estimate of drug-likeness (QED) is 0.469. The summed E-state index contributed by atoms with van der Waals surface area (Å²) in [6.45, 7) is 0.281. The van der Waals surface area contributed by atoms with Gasteiger partial charge in [-0.1, -0.05) is 36.4 Å². The summed E-state index contributed by atoms with van der Waals surface area (Å²) in [6, 6.07) is 20.1. The predicted molar refractivity (Wildman–Crippen MR) is 110 cm³/mol. The molecule has 4 aromatic rings. The van der Waals surface area contributed by atoms with Crippen molar-refractivity contribution in [3.63, 3.8) is 0 Å². The van der Waals surface area contributed by atoms with Crippen LogP contribution in [0.5, 0.6) is 5.88 Å². The van der Waals surface area contributed by atoms with E-state index in [1.54, 1.807) is 35.6 Å². The summed E-state index contributed by atoms with van der Waals surface area (Å²) in [5.74, 6) is 0.352. The smallest absolute Gasteiger partial charge is 0.240 e. The second-order valence-corrected chi connectivity index (χ2v) is 8.70. The minimum Gasteiger partial charge on any atom is -0.475 e. The zero-order valence-corrected chi connectivity index (χ0v) is 16.4. The van der Waals surface area contributed by atoms with Crippen molar-refractivity contribution in [2.45, 2.75) is 4.90 Å². The van der Waals surface area contributed by atoms with Crippen LogP contribution >= 0.6 is 11.3 Å². The third kappa shape index (κ3) is 4.19. The average Bonchev–Trinajstić information content (AvgIpc) is 3.26. The topological polar surface area (TPSA) is 81.2 Å². The molecule has 0 aliphatic carbocycles. The number of thiophene rings is 1. The summed E-state index contributed by atoms with van der Waals surface area (Å²) < 4.78 is 33.0. The molecule has 0 spiro atoms. The molecule has 0 unspecified atom stereocenters. The summed E-state index contributed by atoms with van der Waals surface area (Å²) >= 11 is 1.58. The maximum Gasteiger partial charge on any atom is 0.240 e. The Morgan fingerprint density at radius 2 is 1.79 bits per heavy atom. The molecule has 28 heavy (non-hydrogen) atoms. The van der Waals surface area contributed by atoms with Crippen LogP contribution in [0, 0.1) is 0 Å². The van der Waals surface area contributed by atoms with Crippen LogP contribution < -0.4 is 9.46 Å². The van der Waals surface area contributed by atoms with Gasteiger partial charge in [0.2, 0.25) is 15.9 Å². The van der Waals surface area contributed by atoms with Crippen LogP contribution in [0.15, 0.2) is 77.0 Å². The molecule has 0 bridgehead atoms. The van der Waals surface area contributed by atoms with E-state index >= 15 is 0 Å². The number of nitrogens with zero attached hydrogens (tertiary/aromatic N) is 2. The highest BCUT2D eigenvalue weighted by Gasteiger charge is 2.14. The van der Waals surface area contributed by atoms with Crippen LogP contribution in [-0.4, -0.2) is 31.8 Å². The largest absolute Gasteiger partial charge is 0.475 e. The second kappa shape index (κ2) is 8.05. The van der Waals surface area contributed by atoms with Crippen molar-refractivity contribution in [1.82, 2.24) is 14.9 Å². The lowest BCUT2D eigenvalue weighted by atomic mass is 10.1. The van der Waals surface area contributed by atoms with Crippen molar-refractivity contribution in [3.05, 3.63) is 72.1 Å². The molecule has 0 saturated carbocycles. The van der Waals surface area contributed by atoms with E-state index in [4.69, 9.17) is 4.74 Å². The van der Waals surface area contributed by atoms with Gasteiger partial charge in [-0.05, 0) is 40.4 Å². The molecule has 2 heterocycles. The predicted octanol–water partition coefficient (Wildman–Crippen LogP) is 3.72. The monoisotopic (exact) mass is 411 g/mol. The number of hydrogen-bond acceptors (Lipinski definition) is 6.